The molecular formula is C34H28N6Na4O16S4. The van der Waals surface area contributed by atoms with Gasteiger partial charge >= 0.3 is 0 Å². The van der Waals surface area contributed by atoms with Crippen LogP contribution in [0.4, 0.5) is 34.1 Å². The van der Waals surface area contributed by atoms with E-state index in [9.17, 15) is 62.1 Å². The zero-order valence-electron chi connectivity index (χ0n) is 34.3. The standard InChI is InChI=1S/C34H28N6O16S4.4Na/c1-55-23-11-15(3-7-19(23)37-39-21-9-5-17-25(57(43,44)45)13-27(59(49,50)51)31(35)29(17)33(21)41)16-4-8-20(24(12-16)56-2)38-40-22-10-6-18-26(58(46,47)48)14-28(60(52,53)54)32(36)30(18)34(22)42;;;;/h3-14,41-42H,35-36H2,1-2H3,(H,43,44,45)(H,46,47,48)(H,49,50,51)(H,52,53,54);;;;. The fourth-order valence-corrected chi connectivity index (χ4v) is 8.89. The Bertz CT molecular complexity index is 3140. The van der Waals surface area contributed by atoms with E-state index in [0.717, 1.165) is 24.3 Å². The summed E-state index contributed by atoms with van der Waals surface area (Å²) in [6.45, 7) is 0. The number of fused-ring (bicyclic) bond motifs is 2. The minimum absolute atomic E-state index is 0. The number of methoxy groups -OCH3 is 2. The first-order chi connectivity index (χ1) is 27.9. The first-order valence-corrected chi connectivity index (χ1v) is 21.9. The molecule has 0 aliphatic carbocycles. The number of ether oxygens (including phenoxy) is 2. The molecule has 30 heteroatoms. The average molecular weight is 997 g/mol. The number of phenols is 2. The number of hydrogen-bond acceptors (Lipinski definition) is 18. The Balaban J connectivity index is 0.00000352. The van der Waals surface area contributed by atoms with Crippen molar-refractivity contribution in [1.82, 2.24) is 0 Å². The van der Waals surface area contributed by atoms with Crippen LogP contribution in [0.15, 0.2) is 113 Å². The molecule has 0 aromatic heterocycles. The van der Waals surface area contributed by atoms with Crippen molar-refractivity contribution in [2.45, 2.75) is 19.6 Å². The van der Waals surface area contributed by atoms with Crippen molar-refractivity contribution >= 4 is 214 Å². The molecule has 0 unspecified atom stereocenters. The van der Waals surface area contributed by atoms with Gasteiger partial charge in [0.15, 0.2) is 11.5 Å². The summed E-state index contributed by atoms with van der Waals surface area (Å²) < 4.78 is 145. The van der Waals surface area contributed by atoms with Crippen LogP contribution in [0.2, 0.25) is 0 Å². The maximum atomic E-state index is 12.0. The van der Waals surface area contributed by atoms with Gasteiger partial charge in [-0.15, -0.1) is 20.5 Å². The Kier molecular flexibility index (Phi) is 19.5. The molecule has 0 fully saturated rings. The first-order valence-electron chi connectivity index (χ1n) is 16.1. The van der Waals surface area contributed by atoms with Gasteiger partial charge in [0.25, 0.3) is 40.5 Å². The topological polar surface area (TPSA) is 378 Å². The van der Waals surface area contributed by atoms with Crippen molar-refractivity contribution in [3.8, 4) is 34.1 Å². The Morgan fingerprint density at radius 3 is 1.00 bits per heavy atom. The molecule has 6 aromatic rings. The summed E-state index contributed by atoms with van der Waals surface area (Å²) in [5.41, 5.74) is 11.0. The van der Waals surface area contributed by atoms with E-state index >= 15 is 0 Å². The summed E-state index contributed by atoms with van der Waals surface area (Å²) in [7, 11) is -17.8. The number of benzene rings is 6. The smallest absolute Gasteiger partial charge is 0.296 e. The van der Waals surface area contributed by atoms with Gasteiger partial charge in [0.2, 0.25) is 0 Å². The number of nitrogens with two attached hydrogens (primary N) is 2. The molecule has 0 aliphatic rings. The minimum Gasteiger partial charge on any atom is -0.505 e. The number of azo groups is 2. The van der Waals surface area contributed by atoms with Crippen LogP contribution in [0.25, 0.3) is 32.7 Å². The van der Waals surface area contributed by atoms with E-state index in [-0.39, 0.29) is 163 Å². The van der Waals surface area contributed by atoms with Crippen LogP contribution < -0.4 is 20.9 Å². The Morgan fingerprint density at radius 1 is 0.438 bits per heavy atom. The quantitative estimate of drug-likeness (QED) is 0.0382. The molecule has 6 aromatic carbocycles. The summed E-state index contributed by atoms with van der Waals surface area (Å²) in [6, 6.07) is 14.5. The van der Waals surface area contributed by atoms with Gasteiger partial charge < -0.3 is 31.2 Å². The molecule has 0 bridgehead atoms. The second kappa shape index (κ2) is 21.6. The van der Waals surface area contributed by atoms with E-state index in [1.807, 2.05) is 0 Å². The van der Waals surface area contributed by atoms with Gasteiger partial charge in [0.05, 0.1) is 36.4 Å². The zero-order valence-corrected chi connectivity index (χ0v) is 45.5. The maximum Gasteiger partial charge on any atom is 0.296 e. The fourth-order valence-electron chi connectivity index (χ4n) is 6.02. The van der Waals surface area contributed by atoms with E-state index in [2.05, 4.69) is 20.5 Å². The van der Waals surface area contributed by atoms with Crippen LogP contribution in [0, 0.1) is 0 Å². The molecule has 0 atom stereocenters. The molecule has 6 rings (SSSR count). The molecule has 22 nitrogen and oxygen atoms in total. The predicted molar refractivity (Wildman–Crippen MR) is 236 cm³/mol. The van der Waals surface area contributed by atoms with Crippen LogP contribution in [0.3, 0.4) is 0 Å². The number of hydrogen-bond donors (Lipinski definition) is 8. The van der Waals surface area contributed by atoms with E-state index in [1.165, 1.54) is 26.4 Å². The molecule has 0 saturated heterocycles. The summed E-state index contributed by atoms with van der Waals surface area (Å²) >= 11 is 0. The second-order valence-electron chi connectivity index (χ2n) is 12.4. The van der Waals surface area contributed by atoms with Crippen LogP contribution >= 0.6 is 0 Å². The number of aromatic hydroxyl groups is 2. The van der Waals surface area contributed by atoms with Gasteiger partial charge in [-0.1, -0.05) is 24.3 Å². The molecule has 0 amide bonds. The monoisotopic (exact) mass is 996 g/mol. The van der Waals surface area contributed by atoms with Gasteiger partial charge in [-0.05, 0) is 59.7 Å². The molecule has 318 valence electrons. The second-order valence-corrected chi connectivity index (χ2v) is 17.9. The third-order valence-corrected chi connectivity index (χ3v) is 12.3. The molecular weight excluding hydrogens is 969 g/mol. The van der Waals surface area contributed by atoms with E-state index in [0.29, 0.717) is 23.3 Å². The SMILES string of the molecule is COc1cc(-c2ccc(N=Nc3ccc4c(S(=O)(=O)O)cc(S(=O)(=O)O)c(N)c4c3O)c(OC)c2)ccc1N=Nc1ccc2c(S(=O)(=O)O)cc(S(=O)(=O)O)c(N)c2c1O.[Na].[Na].[Na].[Na]. The van der Waals surface area contributed by atoms with Gasteiger partial charge in [0.1, 0.15) is 53.8 Å². The third-order valence-electron chi connectivity index (χ3n) is 8.77. The molecule has 64 heavy (non-hydrogen) atoms. The summed E-state index contributed by atoms with van der Waals surface area (Å²) in [4.78, 5) is -4.11. The van der Waals surface area contributed by atoms with Crippen molar-refractivity contribution in [3.05, 3.63) is 72.8 Å². The van der Waals surface area contributed by atoms with Crippen LogP contribution in [0.5, 0.6) is 23.0 Å². The van der Waals surface area contributed by atoms with Crippen molar-refractivity contribution in [3.63, 3.8) is 0 Å². The molecule has 4 radical (unpaired) electrons. The number of phenolic OH excluding ortho intramolecular Hbond substituents is 2. The molecule has 10 N–H and O–H groups in total. The Labute approximate surface area is 452 Å². The number of nitrogens with zero attached hydrogens (tertiary/aromatic N) is 4. The van der Waals surface area contributed by atoms with E-state index in [4.69, 9.17) is 20.9 Å². The molecule has 0 saturated carbocycles. The van der Waals surface area contributed by atoms with Gasteiger partial charge in [0, 0.05) is 129 Å². The van der Waals surface area contributed by atoms with E-state index < -0.39 is 93.7 Å². The largest absolute Gasteiger partial charge is 0.505 e. The molecule has 0 heterocycles. The summed E-state index contributed by atoms with van der Waals surface area (Å²) in [6.07, 6.45) is 0. The summed E-state index contributed by atoms with van der Waals surface area (Å²) in [5.74, 6) is -1.36. The van der Waals surface area contributed by atoms with Crippen molar-refractivity contribution in [2.75, 3.05) is 25.7 Å². The number of rotatable bonds is 11. The van der Waals surface area contributed by atoms with Crippen molar-refractivity contribution in [2.24, 2.45) is 20.5 Å². The van der Waals surface area contributed by atoms with Gasteiger partial charge in [-0.25, -0.2) is 0 Å². The van der Waals surface area contributed by atoms with Crippen LogP contribution in [-0.4, -0.2) is 195 Å². The average Bonchev–Trinajstić information content (AvgIpc) is 3.15. The van der Waals surface area contributed by atoms with Gasteiger partial charge in [-0.2, -0.15) is 33.7 Å². The number of anilines is 2. The van der Waals surface area contributed by atoms with Crippen molar-refractivity contribution in [1.29, 1.82) is 0 Å². The molecule has 0 aliphatic heterocycles. The molecule has 0 spiro atoms. The van der Waals surface area contributed by atoms with Crippen LogP contribution in [-0.2, 0) is 40.5 Å². The predicted octanol–water partition coefficient (Wildman–Crippen LogP) is 4.55. The first kappa shape index (κ1) is 57.6. The normalized spacial score (nSPS) is 12.0. The van der Waals surface area contributed by atoms with Crippen molar-refractivity contribution < 1.29 is 71.6 Å². The van der Waals surface area contributed by atoms with Crippen LogP contribution in [0.1, 0.15) is 0 Å². The Hall–Kier alpha value is -2.52. The number of nitrogen functional groups attached to an aromatic ring is 2. The third kappa shape index (κ3) is 11.8. The Morgan fingerprint density at radius 2 is 0.719 bits per heavy atom. The van der Waals surface area contributed by atoms with E-state index in [1.54, 1.807) is 24.3 Å². The maximum absolute atomic E-state index is 12.0. The zero-order chi connectivity index (χ0) is 44.3. The van der Waals surface area contributed by atoms with Gasteiger partial charge in [-0.3, -0.25) is 18.2 Å². The fraction of sp³-hybridized carbons (Fsp3) is 0.0588. The minimum atomic E-state index is -5.13. The summed E-state index contributed by atoms with van der Waals surface area (Å²) in [5, 5.41) is 36.3.